The summed E-state index contributed by atoms with van der Waals surface area (Å²) in [4.78, 5) is 16.5. The van der Waals surface area contributed by atoms with Crippen LogP contribution < -0.4 is 0 Å². The Kier molecular flexibility index (Phi) is 4.04. The molecular weight excluding hydrogens is 252 g/mol. The average molecular weight is 280 g/mol. The minimum Gasteiger partial charge on any atom is -0.480 e. The lowest BCUT2D eigenvalue weighted by atomic mass is 9.75. The lowest BCUT2D eigenvalue weighted by Gasteiger charge is -2.49. The Morgan fingerprint density at radius 2 is 1.90 bits per heavy atom. The van der Waals surface area contributed by atoms with Crippen molar-refractivity contribution in [2.75, 3.05) is 13.6 Å². The number of carboxylic acids is 1. The maximum atomic E-state index is 11.7. The third-order valence-corrected chi connectivity index (χ3v) is 5.99. The van der Waals surface area contributed by atoms with Gasteiger partial charge in [-0.05, 0) is 52.0 Å². The Balaban J connectivity index is 1.82. The van der Waals surface area contributed by atoms with Gasteiger partial charge in [-0.1, -0.05) is 12.8 Å². The van der Waals surface area contributed by atoms with Crippen molar-refractivity contribution in [3.63, 3.8) is 0 Å². The number of carboxylic acid groups (broad SMARTS) is 1. The third-order valence-electron chi connectivity index (χ3n) is 5.99. The number of fused-ring (bicyclic) bond motifs is 1. The van der Waals surface area contributed by atoms with E-state index < -0.39 is 5.97 Å². The molecule has 1 N–H and O–H groups in total. The van der Waals surface area contributed by atoms with Crippen LogP contribution in [0.5, 0.6) is 0 Å². The first-order chi connectivity index (χ1) is 9.58. The highest BCUT2D eigenvalue weighted by Gasteiger charge is 2.46. The highest BCUT2D eigenvalue weighted by molar-refractivity contribution is 5.73. The molecule has 1 aliphatic carbocycles. The van der Waals surface area contributed by atoms with Crippen LogP contribution in [0.1, 0.15) is 51.9 Å². The van der Waals surface area contributed by atoms with Crippen LogP contribution >= 0.6 is 0 Å². The monoisotopic (exact) mass is 280 g/mol. The number of likely N-dealkylation sites (tertiary alicyclic amines) is 2. The molecule has 0 spiro atoms. The Bertz CT molecular complexity index is 363. The van der Waals surface area contributed by atoms with Crippen molar-refractivity contribution in [1.82, 2.24) is 9.80 Å². The molecule has 0 radical (unpaired) electrons. The highest BCUT2D eigenvalue weighted by Crippen LogP contribution is 2.40. The van der Waals surface area contributed by atoms with Crippen LogP contribution in [0.3, 0.4) is 0 Å². The van der Waals surface area contributed by atoms with Gasteiger partial charge in [-0.15, -0.1) is 0 Å². The van der Waals surface area contributed by atoms with Crippen molar-refractivity contribution < 1.29 is 9.90 Å². The van der Waals surface area contributed by atoms with Crippen molar-refractivity contribution >= 4 is 5.97 Å². The number of piperidine rings is 1. The smallest absolute Gasteiger partial charge is 0.320 e. The molecule has 20 heavy (non-hydrogen) atoms. The molecular formula is C16H28N2O2. The van der Waals surface area contributed by atoms with Crippen LogP contribution in [-0.4, -0.2) is 58.6 Å². The van der Waals surface area contributed by atoms with Crippen molar-refractivity contribution in [3.8, 4) is 0 Å². The molecule has 3 fully saturated rings. The summed E-state index contributed by atoms with van der Waals surface area (Å²) in [6, 6.07) is 1.32. The molecule has 4 nitrogen and oxygen atoms in total. The molecule has 3 aliphatic rings. The molecule has 3 rings (SSSR count). The van der Waals surface area contributed by atoms with E-state index in [1.165, 1.54) is 25.7 Å². The van der Waals surface area contributed by atoms with Crippen molar-refractivity contribution in [3.05, 3.63) is 0 Å². The van der Waals surface area contributed by atoms with E-state index >= 15 is 0 Å². The van der Waals surface area contributed by atoms with Gasteiger partial charge in [0, 0.05) is 24.7 Å². The molecule has 1 saturated carbocycles. The highest BCUT2D eigenvalue weighted by atomic mass is 16.4. The van der Waals surface area contributed by atoms with E-state index in [0.717, 1.165) is 31.7 Å². The molecule has 0 aromatic carbocycles. The van der Waals surface area contributed by atoms with Gasteiger partial charge in [0.2, 0.25) is 0 Å². The molecule has 114 valence electrons. The quantitative estimate of drug-likeness (QED) is 0.842. The minimum atomic E-state index is -0.601. The summed E-state index contributed by atoms with van der Waals surface area (Å²) in [5, 5.41) is 9.64. The van der Waals surface area contributed by atoms with E-state index in [0.29, 0.717) is 18.1 Å². The van der Waals surface area contributed by atoms with E-state index in [4.69, 9.17) is 0 Å². The first-order valence-corrected chi connectivity index (χ1v) is 8.28. The Morgan fingerprint density at radius 3 is 2.55 bits per heavy atom. The van der Waals surface area contributed by atoms with Crippen molar-refractivity contribution in [2.45, 2.75) is 76.0 Å². The second kappa shape index (κ2) is 5.64. The average Bonchev–Trinajstić information content (AvgIpc) is 2.77. The van der Waals surface area contributed by atoms with Gasteiger partial charge in [0.05, 0.1) is 0 Å². The second-order valence-corrected chi connectivity index (χ2v) is 7.17. The van der Waals surface area contributed by atoms with Crippen LogP contribution in [0.4, 0.5) is 0 Å². The maximum absolute atomic E-state index is 11.7. The fourth-order valence-electron chi connectivity index (χ4n) is 4.82. The third kappa shape index (κ3) is 2.48. The van der Waals surface area contributed by atoms with Gasteiger partial charge in [-0.25, -0.2) is 0 Å². The van der Waals surface area contributed by atoms with E-state index in [1.807, 2.05) is 0 Å². The predicted molar refractivity (Wildman–Crippen MR) is 78.7 cm³/mol. The lowest BCUT2D eigenvalue weighted by Crippen LogP contribution is -2.59. The molecule has 5 atom stereocenters. The van der Waals surface area contributed by atoms with Gasteiger partial charge in [0.1, 0.15) is 6.04 Å². The fourth-order valence-corrected chi connectivity index (χ4v) is 4.82. The molecule has 5 unspecified atom stereocenters. The zero-order valence-electron chi connectivity index (χ0n) is 12.8. The van der Waals surface area contributed by atoms with Gasteiger partial charge in [-0.2, -0.15) is 0 Å². The number of hydrogen-bond acceptors (Lipinski definition) is 3. The normalized spacial score (nSPS) is 43.4. The summed E-state index contributed by atoms with van der Waals surface area (Å²) in [6.45, 7) is 3.30. The zero-order chi connectivity index (χ0) is 14.3. The van der Waals surface area contributed by atoms with Gasteiger partial charge < -0.3 is 10.0 Å². The summed E-state index contributed by atoms with van der Waals surface area (Å²) in [5.41, 5.74) is 0. The molecule has 2 heterocycles. The number of nitrogens with zero attached hydrogens (tertiary/aromatic N) is 2. The maximum Gasteiger partial charge on any atom is 0.320 e. The number of hydrogen-bond donors (Lipinski definition) is 1. The number of aliphatic carboxylic acids is 1. The SMILES string of the molecule is CC1CC(N2C(C(=O)O)CCC3CCCCC32)CN1C. The first-order valence-electron chi connectivity index (χ1n) is 8.28. The Labute approximate surface area is 122 Å². The van der Waals surface area contributed by atoms with Gasteiger partial charge in [0.25, 0.3) is 0 Å². The van der Waals surface area contributed by atoms with Gasteiger partial charge in [-0.3, -0.25) is 9.69 Å². The second-order valence-electron chi connectivity index (χ2n) is 7.17. The summed E-state index contributed by atoms with van der Waals surface area (Å²) in [5.74, 6) is 0.150. The molecule has 0 bridgehead atoms. The molecule has 0 amide bonds. The van der Waals surface area contributed by atoms with Crippen LogP contribution in [0, 0.1) is 5.92 Å². The van der Waals surface area contributed by atoms with Crippen LogP contribution in [0.15, 0.2) is 0 Å². The summed E-state index contributed by atoms with van der Waals surface area (Å²) >= 11 is 0. The van der Waals surface area contributed by atoms with Gasteiger partial charge >= 0.3 is 5.97 Å². The van der Waals surface area contributed by atoms with Gasteiger partial charge in [0.15, 0.2) is 0 Å². The molecule has 0 aromatic rings. The van der Waals surface area contributed by atoms with Crippen LogP contribution in [0.25, 0.3) is 0 Å². The molecule has 2 aliphatic heterocycles. The van der Waals surface area contributed by atoms with E-state index in [2.05, 4.69) is 23.8 Å². The van der Waals surface area contributed by atoms with E-state index in [1.54, 1.807) is 0 Å². The van der Waals surface area contributed by atoms with Crippen molar-refractivity contribution in [2.24, 2.45) is 5.92 Å². The number of carbonyl (C=O) groups is 1. The predicted octanol–water partition coefficient (Wildman–Crippen LogP) is 2.19. The lowest BCUT2D eigenvalue weighted by molar-refractivity contribution is -0.150. The topological polar surface area (TPSA) is 43.8 Å². The first kappa shape index (κ1) is 14.3. The number of rotatable bonds is 2. The largest absolute Gasteiger partial charge is 0.480 e. The summed E-state index contributed by atoms with van der Waals surface area (Å²) in [7, 11) is 2.17. The molecule has 4 heteroatoms. The van der Waals surface area contributed by atoms with E-state index in [-0.39, 0.29) is 6.04 Å². The van der Waals surface area contributed by atoms with Crippen LogP contribution in [-0.2, 0) is 4.79 Å². The number of likely N-dealkylation sites (N-methyl/N-ethyl adjacent to an activating group) is 1. The molecule has 0 aromatic heterocycles. The minimum absolute atomic E-state index is 0.238. The fraction of sp³-hybridized carbons (Fsp3) is 0.938. The zero-order valence-corrected chi connectivity index (χ0v) is 12.8. The summed E-state index contributed by atoms with van der Waals surface area (Å²) in [6.07, 6.45) is 8.25. The van der Waals surface area contributed by atoms with E-state index in [9.17, 15) is 9.90 Å². The Hall–Kier alpha value is -0.610. The van der Waals surface area contributed by atoms with Crippen LogP contribution in [0.2, 0.25) is 0 Å². The molecule has 2 saturated heterocycles. The summed E-state index contributed by atoms with van der Waals surface area (Å²) < 4.78 is 0. The van der Waals surface area contributed by atoms with Crippen molar-refractivity contribution in [1.29, 1.82) is 0 Å². The Morgan fingerprint density at radius 1 is 1.15 bits per heavy atom. The standard InChI is InChI=1S/C16H28N2O2/c1-11-9-13(10-17(11)2)18-14-6-4-3-5-12(14)7-8-15(18)16(19)20/h11-15H,3-10H2,1-2H3,(H,19,20).